The van der Waals surface area contributed by atoms with E-state index in [1.54, 1.807) is 42.5 Å². The number of hydrogen-bond donors (Lipinski definition) is 2. The second-order valence-corrected chi connectivity index (χ2v) is 5.22. The van der Waals surface area contributed by atoms with Gasteiger partial charge >= 0.3 is 0 Å². The molecule has 2 amide bonds. The van der Waals surface area contributed by atoms with Gasteiger partial charge in [0.15, 0.2) is 11.5 Å². The number of carbonyl (C=O) groups excluding carboxylic acids is 2. The monoisotopic (exact) mass is 342 g/mol. The van der Waals surface area contributed by atoms with Crippen LogP contribution in [0.4, 0.5) is 0 Å². The van der Waals surface area contributed by atoms with Gasteiger partial charge in [0.25, 0.3) is 11.8 Å². The molecule has 0 unspecified atom stereocenters. The van der Waals surface area contributed by atoms with Gasteiger partial charge in [0, 0.05) is 11.1 Å². The standard InChI is InChI=1S/C18H18N2O5/c1-2-23-14-6-3-12(4-7-14)17(21)19-20-18(22)13-5-8-15-16(11-13)25-10-9-24-15/h3-8,11H,2,9-10H2,1H3,(H,19,21)(H,20,22). The largest absolute Gasteiger partial charge is 0.494 e. The zero-order valence-corrected chi connectivity index (χ0v) is 13.7. The summed E-state index contributed by atoms with van der Waals surface area (Å²) in [6, 6.07) is 11.5. The fourth-order valence-electron chi connectivity index (χ4n) is 2.31. The van der Waals surface area contributed by atoms with Crippen LogP contribution in [0.25, 0.3) is 0 Å². The third kappa shape index (κ3) is 4.00. The maximum atomic E-state index is 12.2. The molecular formula is C18H18N2O5. The maximum Gasteiger partial charge on any atom is 0.269 e. The molecule has 2 aromatic rings. The van der Waals surface area contributed by atoms with Crippen LogP contribution in [0, 0.1) is 0 Å². The lowest BCUT2D eigenvalue weighted by Gasteiger charge is -2.18. The van der Waals surface area contributed by atoms with E-state index in [0.717, 1.165) is 0 Å². The Hall–Kier alpha value is -3.22. The molecule has 3 rings (SSSR count). The van der Waals surface area contributed by atoms with Gasteiger partial charge in [-0.15, -0.1) is 0 Å². The number of hydrazine groups is 1. The summed E-state index contributed by atoms with van der Waals surface area (Å²) in [4.78, 5) is 24.2. The van der Waals surface area contributed by atoms with Crippen LogP contribution in [0.3, 0.4) is 0 Å². The molecule has 0 atom stereocenters. The summed E-state index contributed by atoms with van der Waals surface area (Å²) in [6.07, 6.45) is 0. The van der Waals surface area contributed by atoms with Crippen molar-refractivity contribution in [1.29, 1.82) is 0 Å². The fourth-order valence-corrected chi connectivity index (χ4v) is 2.31. The van der Waals surface area contributed by atoms with Crippen LogP contribution < -0.4 is 25.1 Å². The van der Waals surface area contributed by atoms with Crippen molar-refractivity contribution in [1.82, 2.24) is 10.9 Å². The Morgan fingerprint density at radius 3 is 2.20 bits per heavy atom. The Labute approximate surface area is 144 Å². The molecule has 0 spiro atoms. The van der Waals surface area contributed by atoms with Crippen molar-refractivity contribution in [3.05, 3.63) is 53.6 Å². The van der Waals surface area contributed by atoms with Crippen LogP contribution in [-0.4, -0.2) is 31.6 Å². The molecule has 2 N–H and O–H groups in total. The van der Waals surface area contributed by atoms with E-state index in [9.17, 15) is 9.59 Å². The molecule has 0 saturated carbocycles. The van der Waals surface area contributed by atoms with Crippen LogP contribution in [0.5, 0.6) is 17.2 Å². The SMILES string of the molecule is CCOc1ccc(C(=O)NNC(=O)c2ccc3c(c2)OCCO3)cc1. The van der Waals surface area contributed by atoms with Gasteiger partial charge < -0.3 is 14.2 Å². The van der Waals surface area contributed by atoms with E-state index >= 15 is 0 Å². The molecule has 1 aliphatic rings. The second kappa shape index (κ2) is 7.57. The summed E-state index contributed by atoms with van der Waals surface area (Å²) < 4.78 is 16.2. The number of benzene rings is 2. The van der Waals surface area contributed by atoms with Crippen LogP contribution in [0.15, 0.2) is 42.5 Å². The minimum absolute atomic E-state index is 0.358. The smallest absolute Gasteiger partial charge is 0.269 e. The van der Waals surface area contributed by atoms with Gasteiger partial charge in [-0.1, -0.05) is 0 Å². The molecule has 7 heteroatoms. The molecule has 2 aromatic carbocycles. The predicted octanol–water partition coefficient (Wildman–Crippen LogP) is 1.93. The first-order valence-corrected chi connectivity index (χ1v) is 7.90. The molecule has 0 fully saturated rings. The van der Waals surface area contributed by atoms with Gasteiger partial charge in [-0.2, -0.15) is 0 Å². The average molecular weight is 342 g/mol. The normalized spacial score (nSPS) is 12.2. The van der Waals surface area contributed by atoms with E-state index in [2.05, 4.69) is 10.9 Å². The average Bonchev–Trinajstić information content (AvgIpc) is 2.66. The maximum absolute atomic E-state index is 12.2. The van der Waals surface area contributed by atoms with Crippen molar-refractivity contribution in [3.63, 3.8) is 0 Å². The lowest BCUT2D eigenvalue weighted by Crippen LogP contribution is -2.41. The number of nitrogens with one attached hydrogen (secondary N) is 2. The van der Waals surface area contributed by atoms with Gasteiger partial charge in [-0.3, -0.25) is 20.4 Å². The zero-order chi connectivity index (χ0) is 17.6. The fraction of sp³-hybridized carbons (Fsp3) is 0.222. The van der Waals surface area contributed by atoms with Crippen molar-refractivity contribution in [3.8, 4) is 17.2 Å². The van der Waals surface area contributed by atoms with Crippen LogP contribution >= 0.6 is 0 Å². The van der Waals surface area contributed by atoms with E-state index < -0.39 is 11.8 Å². The molecule has 7 nitrogen and oxygen atoms in total. The zero-order valence-electron chi connectivity index (χ0n) is 13.7. The van der Waals surface area contributed by atoms with Gasteiger partial charge in [0.1, 0.15) is 19.0 Å². The van der Waals surface area contributed by atoms with Crippen molar-refractivity contribution in [2.24, 2.45) is 0 Å². The van der Waals surface area contributed by atoms with Gasteiger partial charge in [-0.05, 0) is 49.4 Å². The molecule has 0 radical (unpaired) electrons. The van der Waals surface area contributed by atoms with E-state index in [1.165, 1.54) is 0 Å². The number of ether oxygens (including phenoxy) is 3. The van der Waals surface area contributed by atoms with Crippen LogP contribution in [-0.2, 0) is 0 Å². The van der Waals surface area contributed by atoms with E-state index in [1.807, 2.05) is 6.92 Å². The minimum atomic E-state index is -0.448. The van der Waals surface area contributed by atoms with Gasteiger partial charge in [-0.25, -0.2) is 0 Å². The Kier molecular flexibility index (Phi) is 5.03. The third-order valence-corrected chi connectivity index (χ3v) is 3.52. The topological polar surface area (TPSA) is 85.9 Å². The quantitative estimate of drug-likeness (QED) is 0.829. The third-order valence-electron chi connectivity index (χ3n) is 3.52. The molecule has 130 valence electrons. The Bertz CT molecular complexity index is 774. The first-order valence-electron chi connectivity index (χ1n) is 7.90. The van der Waals surface area contributed by atoms with Crippen molar-refractivity contribution >= 4 is 11.8 Å². The summed E-state index contributed by atoms with van der Waals surface area (Å²) in [5.41, 5.74) is 5.52. The van der Waals surface area contributed by atoms with Crippen molar-refractivity contribution in [2.75, 3.05) is 19.8 Å². The van der Waals surface area contributed by atoms with E-state index in [0.29, 0.717) is 48.2 Å². The first kappa shape index (κ1) is 16.6. The summed E-state index contributed by atoms with van der Waals surface area (Å²) >= 11 is 0. The van der Waals surface area contributed by atoms with Crippen molar-refractivity contribution in [2.45, 2.75) is 6.92 Å². The highest BCUT2D eigenvalue weighted by atomic mass is 16.6. The molecule has 1 heterocycles. The van der Waals surface area contributed by atoms with Gasteiger partial charge in [0.05, 0.1) is 6.61 Å². The Morgan fingerprint density at radius 1 is 0.920 bits per heavy atom. The second-order valence-electron chi connectivity index (χ2n) is 5.22. The molecule has 0 bridgehead atoms. The number of fused-ring (bicyclic) bond motifs is 1. The Balaban J connectivity index is 1.59. The highest BCUT2D eigenvalue weighted by molar-refractivity contribution is 5.99. The molecule has 0 saturated heterocycles. The van der Waals surface area contributed by atoms with E-state index in [4.69, 9.17) is 14.2 Å². The predicted molar refractivity (Wildman–Crippen MR) is 90.0 cm³/mol. The molecule has 1 aliphatic heterocycles. The van der Waals surface area contributed by atoms with Crippen LogP contribution in [0.1, 0.15) is 27.6 Å². The number of carbonyl (C=O) groups is 2. The van der Waals surface area contributed by atoms with Crippen LogP contribution in [0.2, 0.25) is 0 Å². The number of rotatable bonds is 4. The highest BCUT2D eigenvalue weighted by Gasteiger charge is 2.15. The number of amides is 2. The summed E-state index contributed by atoms with van der Waals surface area (Å²) in [5.74, 6) is 0.919. The summed E-state index contributed by atoms with van der Waals surface area (Å²) in [6.45, 7) is 3.36. The van der Waals surface area contributed by atoms with E-state index in [-0.39, 0.29) is 0 Å². The molecule has 25 heavy (non-hydrogen) atoms. The lowest BCUT2D eigenvalue weighted by molar-refractivity contribution is 0.0846. The lowest BCUT2D eigenvalue weighted by atomic mass is 10.2. The minimum Gasteiger partial charge on any atom is -0.494 e. The summed E-state index contributed by atoms with van der Waals surface area (Å²) in [5, 5.41) is 0. The van der Waals surface area contributed by atoms with Gasteiger partial charge in [0.2, 0.25) is 0 Å². The highest BCUT2D eigenvalue weighted by Crippen LogP contribution is 2.30. The Morgan fingerprint density at radius 2 is 1.52 bits per heavy atom. The van der Waals surface area contributed by atoms with Crippen molar-refractivity contribution < 1.29 is 23.8 Å². The summed E-state index contributed by atoms with van der Waals surface area (Å²) in [7, 11) is 0. The first-order chi connectivity index (χ1) is 12.2. The molecule has 0 aliphatic carbocycles. The molecular weight excluding hydrogens is 324 g/mol. The molecule has 0 aromatic heterocycles. The number of hydrogen-bond acceptors (Lipinski definition) is 5.